The lowest BCUT2D eigenvalue weighted by atomic mass is 9.99. The van der Waals surface area contributed by atoms with Gasteiger partial charge < -0.3 is 0 Å². The molecule has 0 aliphatic carbocycles. The first-order chi connectivity index (χ1) is 17.3. The van der Waals surface area contributed by atoms with E-state index < -0.39 is 9.84 Å². The number of benzene rings is 2. The fourth-order valence-corrected chi connectivity index (χ4v) is 5.60. The highest BCUT2D eigenvalue weighted by Crippen LogP contribution is 2.39. The minimum atomic E-state index is -3.06. The topological polar surface area (TPSA) is 106 Å². The number of carbonyl (C=O) groups is 1. The predicted octanol–water partition coefficient (Wildman–Crippen LogP) is 3.72. The number of hydrogen-bond acceptors (Lipinski definition) is 7. The highest BCUT2D eigenvalue weighted by Gasteiger charge is 2.34. The van der Waals surface area contributed by atoms with Gasteiger partial charge in [-0.05, 0) is 35.9 Å². The van der Waals surface area contributed by atoms with Crippen LogP contribution in [0.15, 0.2) is 47.6 Å². The van der Waals surface area contributed by atoms with Crippen LogP contribution in [0.25, 0.3) is 0 Å². The Labute approximate surface area is 220 Å². The Balaban J connectivity index is 1.56. The molecule has 0 radical (unpaired) electrons. The Morgan fingerprint density at radius 3 is 2.50 bits per heavy atom. The molecule has 2 aromatic rings. The molecule has 0 unspecified atom stereocenters. The van der Waals surface area contributed by atoms with Crippen molar-refractivity contribution in [1.82, 2.24) is 10.4 Å². The molecule has 186 valence electrons. The van der Waals surface area contributed by atoms with Crippen LogP contribution in [-0.4, -0.2) is 49.6 Å². The van der Waals surface area contributed by atoms with Crippen LogP contribution in [0.5, 0.6) is 0 Å². The molecule has 2 aliphatic heterocycles. The van der Waals surface area contributed by atoms with E-state index >= 15 is 0 Å². The Morgan fingerprint density at radius 2 is 1.83 bits per heavy atom. The first-order valence-electron chi connectivity index (χ1n) is 11.3. The molecule has 2 heterocycles. The molecule has 36 heavy (non-hydrogen) atoms. The number of nitriles is 1. The Morgan fingerprint density at radius 1 is 1.11 bits per heavy atom. The van der Waals surface area contributed by atoms with Crippen LogP contribution in [0.2, 0.25) is 10.0 Å². The van der Waals surface area contributed by atoms with Gasteiger partial charge in [0.1, 0.15) is 5.71 Å². The van der Waals surface area contributed by atoms with Crippen molar-refractivity contribution in [2.75, 3.05) is 29.6 Å². The summed E-state index contributed by atoms with van der Waals surface area (Å²) in [6, 6.07) is 14.5. The maximum Gasteiger partial charge on any atom is 0.281 e. The van der Waals surface area contributed by atoms with Crippen LogP contribution in [0.1, 0.15) is 36.4 Å². The van der Waals surface area contributed by atoms with E-state index in [1.54, 1.807) is 28.2 Å². The summed E-state index contributed by atoms with van der Waals surface area (Å²) in [5.74, 6) is 5.63. The maximum atomic E-state index is 13.0. The van der Waals surface area contributed by atoms with Crippen molar-refractivity contribution in [3.05, 3.63) is 63.6 Å². The normalized spacial score (nSPS) is 19.1. The molecular formula is C25H23Cl2N5O3S. The molecule has 1 atom stereocenters. The van der Waals surface area contributed by atoms with Crippen molar-refractivity contribution < 1.29 is 13.2 Å². The number of anilines is 1. The third-order valence-electron chi connectivity index (χ3n) is 5.82. The minimum Gasteiger partial charge on any atom is -0.284 e. The molecule has 0 saturated carbocycles. The van der Waals surface area contributed by atoms with Crippen LogP contribution in [0, 0.1) is 23.2 Å². The lowest BCUT2D eigenvalue weighted by Gasteiger charge is -2.26. The largest absolute Gasteiger partial charge is 0.284 e. The molecule has 1 amide bonds. The zero-order chi connectivity index (χ0) is 25.7. The van der Waals surface area contributed by atoms with Crippen LogP contribution in [0.3, 0.4) is 0 Å². The number of hydrogen-bond donors (Lipinski definition) is 1. The van der Waals surface area contributed by atoms with E-state index in [1.165, 1.54) is 0 Å². The second-order valence-corrected chi connectivity index (χ2v) is 11.5. The molecular weight excluding hydrogens is 521 g/mol. The van der Waals surface area contributed by atoms with Gasteiger partial charge in [-0.15, -0.1) is 0 Å². The van der Waals surface area contributed by atoms with Crippen molar-refractivity contribution in [3.63, 3.8) is 0 Å². The smallest absolute Gasteiger partial charge is 0.281 e. The second kappa shape index (κ2) is 11.3. The summed E-state index contributed by atoms with van der Waals surface area (Å²) in [5, 5.41) is 17.5. The number of amides is 1. The van der Waals surface area contributed by atoms with Gasteiger partial charge in [-0.3, -0.25) is 15.2 Å². The van der Waals surface area contributed by atoms with Crippen LogP contribution in [-0.2, 0) is 14.6 Å². The summed E-state index contributed by atoms with van der Waals surface area (Å²) in [6.45, 7) is 0.461. The van der Waals surface area contributed by atoms with Crippen molar-refractivity contribution in [3.8, 4) is 17.9 Å². The highest BCUT2D eigenvalue weighted by atomic mass is 35.5. The quantitative estimate of drug-likeness (QED) is 0.455. The first kappa shape index (κ1) is 26.0. The number of hydrazone groups is 1. The number of carbonyl (C=O) groups excluding carboxylic acids is 1. The Hall–Kier alpha value is -3.08. The minimum absolute atomic E-state index is 0.000637. The summed E-state index contributed by atoms with van der Waals surface area (Å²) in [6.07, 6.45) is 1.22. The van der Waals surface area contributed by atoms with Gasteiger partial charge in [0.05, 0.1) is 34.3 Å². The van der Waals surface area contributed by atoms with Crippen molar-refractivity contribution in [1.29, 1.82) is 5.26 Å². The molecule has 2 aromatic carbocycles. The maximum absolute atomic E-state index is 13.0. The summed E-state index contributed by atoms with van der Waals surface area (Å²) in [5.41, 5.74) is 5.44. The molecule has 0 spiro atoms. The average Bonchev–Trinajstić information content (AvgIpc) is 3.29. The van der Waals surface area contributed by atoms with Crippen LogP contribution in [0.4, 0.5) is 5.69 Å². The van der Waals surface area contributed by atoms with Gasteiger partial charge in [-0.1, -0.05) is 47.2 Å². The molecule has 2 aliphatic rings. The summed E-state index contributed by atoms with van der Waals surface area (Å²) < 4.78 is 23.4. The van der Waals surface area contributed by atoms with E-state index in [-0.39, 0.29) is 36.5 Å². The Bertz CT molecular complexity index is 1380. The second-order valence-electron chi connectivity index (χ2n) is 8.37. The van der Waals surface area contributed by atoms with E-state index in [9.17, 15) is 13.2 Å². The summed E-state index contributed by atoms with van der Waals surface area (Å²) in [4.78, 5) is 13.0. The van der Waals surface area contributed by atoms with Crippen LogP contribution >= 0.6 is 23.2 Å². The van der Waals surface area contributed by atoms with Gasteiger partial charge in [0.15, 0.2) is 9.84 Å². The lowest BCUT2D eigenvalue weighted by molar-refractivity contribution is -0.119. The molecule has 4 rings (SSSR count). The number of nitrogens with one attached hydrogen (secondary N) is 1. The van der Waals surface area contributed by atoms with Gasteiger partial charge in [-0.25, -0.2) is 13.4 Å². The SMILES string of the molecule is N#CCCC#Cc1ccc([C@@H]2CC(C(=O)NN3CCS(=O)(=O)CC3)=NN2c2ccc(Cl)cc2Cl)cc1. The zero-order valence-electron chi connectivity index (χ0n) is 19.2. The molecule has 1 N–H and O–H groups in total. The number of nitrogens with zero attached hydrogens (tertiary/aromatic N) is 4. The van der Waals surface area contributed by atoms with Crippen molar-refractivity contribution in [2.24, 2.45) is 5.10 Å². The first-order valence-corrected chi connectivity index (χ1v) is 13.9. The van der Waals surface area contributed by atoms with E-state index in [0.29, 0.717) is 40.7 Å². The number of rotatable bonds is 5. The van der Waals surface area contributed by atoms with Gasteiger partial charge in [0, 0.05) is 42.9 Å². The van der Waals surface area contributed by atoms with Gasteiger partial charge in [0.2, 0.25) is 0 Å². The van der Waals surface area contributed by atoms with Gasteiger partial charge >= 0.3 is 0 Å². The lowest BCUT2D eigenvalue weighted by Crippen LogP contribution is -2.51. The van der Waals surface area contributed by atoms with E-state index in [4.69, 9.17) is 28.5 Å². The number of halogens is 2. The molecule has 0 aromatic heterocycles. The molecule has 1 saturated heterocycles. The molecule has 8 nitrogen and oxygen atoms in total. The molecule has 1 fully saturated rings. The van der Waals surface area contributed by atoms with E-state index in [0.717, 1.165) is 11.1 Å². The molecule has 11 heteroatoms. The number of sulfone groups is 1. The number of hydrazine groups is 1. The van der Waals surface area contributed by atoms with E-state index in [1.807, 2.05) is 24.3 Å². The van der Waals surface area contributed by atoms with Crippen molar-refractivity contribution >= 4 is 50.3 Å². The highest BCUT2D eigenvalue weighted by molar-refractivity contribution is 7.91. The fourth-order valence-electron chi connectivity index (χ4n) is 3.90. The van der Waals surface area contributed by atoms with E-state index in [2.05, 4.69) is 28.4 Å². The predicted molar refractivity (Wildman–Crippen MR) is 140 cm³/mol. The zero-order valence-corrected chi connectivity index (χ0v) is 21.6. The summed E-state index contributed by atoms with van der Waals surface area (Å²) in [7, 11) is -3.06. The number of unbranched alkanes of at least 4 members (excludes halogenated alkanes) is 1. The average molecular weight is 544 g/mol. The monoisotopic (exact) mass is 543 g/mol. The van der Waals surface area contributed by atoms with Gasteiger partial charge in [-0.2, -0.15) is 10.4 Å². The van der Waals surface area contributed by atoms with Crippen LogP contribution < -0.4 is 10.4 Å². The van der Waals surface area contributed by atoms with Crippen molar-refractivity contribution in [2.45, 2.75) is 25.3 Å². The molecule has 0 bridgehead atoms. The standard InChI is InChI=1S/C25H23Cl2N5O3S/c26-20-9-10-23(21(27)16-20)32-24(19-7-5-18(6-8-19)4-2-1-3-11-28)17-22(29-32)25(33)30-31-12-14-36(34,35)15-13-31/h5-10,16,24H,1,3,12-15,17H2,(H,30,33)/t24-/m0/s1. The fraction of sp³-hybridized carbons (Fsp3) is 0.320. The third-order valence-corrected chi connectivity index (χ3v) is 7.97. The van der Waals surface area contributed by atoms with Gasteiger partial charge in [0.25, 0.3) is 5.91 Å². The Kier molecular flexibility index (Phi) is 8.17. The summed E-state index contributed by atoms with van der Waals surface area (Å²) >= 11 is 12.6. The third kappa shape index (κ3) is 6.37.